The largest absolute Gasteiger partial charge is 0.391 e. The summed E-state index contributed by atoms with van der Waals surface area (Å²) >= 11 is 0. The number of aliphatic hydroxyl groups excluding tert-OH is 1. The lowest BCUT2D eigenvalue weighted by molar-refractivity contribution is -0.125. The average molecular weight is 228 g/mol. The Balaban J connectivity index is 2.24. The van der Waals surface area contributed by atoms with Gasteiger partial charge in [-0.2, -0.15) is 0 Å². The maximum absolute atomic E-state index is 11.8. The Hall–Kier alpha value is -0.610. The highest BCUT2D eigenvalue weighted by Crippen LogP contribution is 2.15. The summed E-state index contributed by atoms with van der Waals surface area (Å²) in [6, 6.07) is 0. The zero-order chi connectivity index (χ0) is 12.1. The van der Waals surface area contributed by atoms with Crippen LogP contribution in [-0.4, -0.2) is 36.8 Å². The predicted molar refractivity (Wildman–Crippen MR) is 64.0 cm³/mol. The molecule has 0 aromatic rings. The van der Waals surface area contributed by atoms with Crippen molar-refractivity contribution in [1.82, 2.24) is 10.6 Å². The van der Waals surface area contributed by atoms with Crippen LogP contribution in [0.4, 0.5) is 0 Å². The molecule has 4 nitrogen and oxygen atoms in total. The molecular formula is C12H24N2O2. The van der Waals surface area contributed by atoms with Gasteiger partial charge in [-0.15, -0.1) is 0 Å². The second kappa shape index (κ2) is 6.21. The first kappa shape index (κ1) is 13.5. The van der Waals surface area contributed by atoms with Gasteiger partial charge < -0.3 is 15.7 Å². The highest BCUT2D eigenvalue weighted by molar-refractivity contribution is 5.79. The van der Waals surface area contributed by atoms with Crippen LogP contribution in [0.1, 0.15) is 27.2 Å². The number of nitrogens with one attached hydrogen (secondary N) is 2. The first-order valence-corrected chi connectivity index (χ1v) is 6.17. The molecule has 16 heavy (non-hydrogen) atoms. The Bertz CT molecular complexity index is 231. The van der Waals surface area contributed by atoms with Crippen LogP contribution in [0.2, 0.25) is 0 Å². The van der Waals surface area contributed by atoms with Gasteiger partial charge in [0.1, 0.15) is 0 Å². The van der Waals surface area contributed by atoms with E-state index >= 15 is 0 Å². The summed E-state index contributed by atoms with van der Waals surface area (Å²) in [7, 11) is 0. The van der Waals surface area contributed by atoms with Crippen molar-refractivity contribution in [3.8, 4) is 0 Å². The van der Waals surface area contributed by atoms with Crippen molar-refractivity contribution < 1.29 is 9.90 Å². The Morgan fingerprint density at radius 2 is 2.19 bits per heavy atom. The summed E-state index contributed by atoms with van der Waals surface area (Å²) in [5.41, 5.74) is 0. The van der Waals surface area contributed by atoms with E-state index in [1.54, 1.807) is 0 Å². The van der Waals surface area contributed by atoms with Gasteiger partial charge in [0.05, 0.1) is 12.0 Å². The van der Waals surface area contributed by atoms with E-state index in [2.05, 4.69) is 31.4 Å². The maximum atomic E-state index is 11.8. The summed E-state index contributed by atoms with van der Waals surface area (Å²) in [5.74, 6) is 0.979. The standard InChI is InChI=1S/C12H24N2O2/c1-8(2)4-10(15)6-14-12(16)11-7-13-5-9(11)3/h8-11,13,15H,4-7H2,1-3H3,(H,14,16)/t9-,10?,11-/m1/s1. The van der Waals surface area contributed by atoms with E-state index in [1.807, 2.05) is 0 Å². The van der Waals surface area contributed by atoms with Crippen molar-refractivity contribution in [1.29, 1.82) is 0 Å². The van der Waals surface area contributed by atoms with Crippen LogP contribution in [-0.2, 0) is 4.79 Å². The number of carbonyl (C=O) groups excluding carboxylic acids is 1. The normalized spacial score (nSPS) is 27.1. The molecule has 0 radical (unpaired) electrons. The van der Waals surface area contributed by atoms with Crippen molar-refractivity contribution in [3.63, 3.8) is 0 Å². The van der Waals surface area contributed by atoms with Gasteiger partial charge in [0.2, 0.25) is 5.91 Å². The molecule has 3 N–H and O–H groups in total. The first-order valence-electron chi connectivity index (χ1n) is 6.17. The highest BCUT2D eigenvalue weighted by atomic mass is 16.3. The maximum Gasteiger partial charge on any atom is 0.224 e. The number of amides is 1. The van der Waals surface area contributed by atoms with E-state index in [1.165, 1.54) is 0 Å². The van der Waals surface area contributed by atoms with E-state index < -0.39 is 6.10 Å². The fraction of sp³-hybridized carbons (Fsp3) is 0.917. The molecule has 1 fully saturated rings. The summed E-state index contributed by atoms with van der Waals surface area (Å²) in [5, 5.41) is 15.7. The fourth-order valence-electron chi connectivity index (χ4n) is 2.14. The SMILES string of the molecule is CC(C)CC(O)CNC(=O)[C@@H]1CNC[C@H]1C. The molecule has 0 saturated carbocycles. The number of hydrogen-bond donors (Lipinski definition) is 3. The molecule has 1 aliphatic rings. The minimum absolute atomic E-state index is 0.0613. The van der Waals surface area contributed by atoms with Crippen molar-refractivity contribution in [2.75, 3.05) is 19.6 Å². The summed E-state index contributed by atoms with van der Waals surface area (Å²) in [6.45, 7) is 8.25. The summed E-state index contributed by atoms with van der Waals surface area (Å²) in [4.78, 5) is 11.8. The van der Waals surface area contributed by atoms with E-state index in [4.69, 9.17) is 0 Å². The molecule has 1 rings (SSSR count). The van der Waals surface area contributed by atoms with Crippen LogP contribution in [0.5, 0.6) is 0 Å². The number of rotatable bonds is 5. The van der Waals surface area contributed by atoms with Crippen molar-refractivity contribution in [2.24, 2.45) is 17.8 Å². The van der Waals surface area contributed by atoms with Gasteiger partial charge in [-0.25, -0.2) is 0 Å². The molecule has 94 valence electrons. The van der Waals surface area contributed by atoms with Crippen LogP contribution < -0.4 is 10.6 Å². The minimum Gasteiger partial charge on any atom is -0.391 e. The number of hydrogen-bond acceptors (Lipinski definition) is 3. The Labute approximate surface area is 97.8 Å². The lowest BCUT2D eigenvalue weighted by Gasteiger charge is -2.17. The van der Waals surface area contributed by atoms with Gasteiger partial charge in [0, 0.05) is 13.1 Å². The van der Waals surface area contributed by atoms with E-state index in [9.17, 15) is 9.90 Å². The van der Waals surface area contributed by atoms with Gasteiger partial charge in [-0.05, 0) is 24.8 Å². The molecule has 1 amide bonds. The number of aliphatic hydroxyl groups is 1. The second-order valence-corrected chi connectivity index (χ2v) is 5.27. The van der Waals surface area contributed by atoms with E-state index in [0.29, 0.717) is 18.4 Å². The van der Waals surface area contributed by atoms with Crippen LogP contribution in [0.15, 0.2) is 0 Å². The zero-order valence-corrected chi connectivity index (χ0v) is 10.5. The Morgan fingerprint density at radius 3 is 2.69 bits per heavy atom. The van der Waals surface area contributed by atoms with Crippen LogP contribution in [0.25, 0.3) is 0 Å². The topological polar surface area (TPSA) is 61.4 Å². The summed E-state index contributed by atoms with van der Waals surface area (Å²) < 4.78 is 0. The lowest BCUT2D eigenvalue weighted by Crippen LogP contribution is -2.39. The molecule has 0 spiro atoms. The Morgan fingerprint density at radius 1 is 1.50 bits per heavy atom. The first-order chi connectivity index (χ1) is 7.50. The van der Waals surface area contributed by atoms with E-state index in [-0.39, 0.29) is 11.8 Å². The third-order valence-corrected chi connectivity index (χ3v) is 3.11. The molecule has 1 aliphatic heterocycles. The smallest absolute Gasteiger partial charge is 0.224 e. The van der Waals surface area contributed by atoms with E-state index in [0.717, 1.165) is 19.5 Å². The van der Waals surface area contributed by atoms with Crippen molar-refractivity contribution in [2.45, 2.75) is 33.3 Å². The molecule has 1 saturated heterocycles. The monoisotopic (exact) mass is 228 g/mol. The lowest BCUT2D eigenvalue weighted by atomic mass is 9.97. The van der Waals surface area contributed by atoms with Crippen LogP contribution in [0, 0.1) is 17.8 Å². The zero-order valence-electron chi connectivity index (χ0n) is 10.5. The second-order valence-electron chi connectivity index (χ2n) is 5.27. The third-order valence-electron chi connectivity index (χ3n) is 3.11. The Kier molecular flexibility index (Phi) is 5.22. The molecule has 1 heterocycles. The number of carbonyl (C=O) groups is 1. The van der Waals surface area contributed by atoms with Gasteiger partial charge in [-0.1, -0.05) is 20.8 Å². The van der Waals surface area contributed by atoms with Crippen LogP contribution >= 0.6 is 0 Å². The molecule has 4 heteroatoms. The van der Waals surface area contributed by atoms with Crippen molar-refractivity contribution in [3.05, 3.63) is 0 Å². The molecule has 0 aromatic heterocycles. The van der Waals surface area contributed by atoms with Gasteiger partial charge in [0.15, 0.2) is 0 Å². The van der Waals surface area contributed by atoms with Gasteiger partial charge in [0.25, 0.3) is 0 Å². The quantitative estimate of drug-likeness (QED) is 0.637. The molecule has 0 aromatic carbocycles. The highest BCUT2D eigenvalue weighted by Gasteiger charge is 2.29. The van der Waals surface area contributed by atoms with Gasteiger partial charge >= 0.3 is 0 Å². The van der Waals surface area contributed by atoms with Gasteiger partial charge in [-0.3, -0.25) is 4.79 Å². The van der Waals surface area contributed by atoms with Crippen molar-refractivity contribution >= 4 is 5.91 Å². The molecule has 0 bridgehead atoms. The predicted octanol–water partition coefficient (Wildman–Crippen LogP) is 0.365. The minimum atomic E-state index is -0.423. The summed E-state index contributed by atoms with van der Waals surface area (Å²) in [6.07, 6.45) is 0.312. The van der Waals surface area contributed by atoms with Crippen LogP contribution in [0.3, 0.4) is 0 Å². The fourth-order valence-corrected chi connectivity index (χ4v) is 2.14. The molecule has 0 aliphatic carbocycles. The average Bonchev–Trinajstić information content (AvgIpc) is 2.60. The molecule has 3 atom stereocenters. The molecular weight excluding hydrogens is 204 g/mol. The third kappa shape index (κ3) is 4.10. The molecule has 1 unspecified atom stereocenters.